The Kier molecular flexibility index (Phi) is 6.67. The quantitative estimate of drug-likeness (QED) is 0.383. The van der Waals surface area contributed by atoms with Crippen molar-refractivity contribution >= 4 is 23.2 Å². The summed E-state index contributed by atoms with van der Waals surface area (Å²) in [6.07, 6.45) is 0. The van der Waals surface area contributed by atoms with Crippen LogP contribution < -0.4 is 14.8 Å². The van der Waals surface area contributed by atoms with E-state index in [0.717, 1.165) is 0 Å². The highest BCUT2D eigenvalue weighted by Crippen LogP contribution is 2.32. The molecule has 1 aromatic heterocycles. The first-order valence-electron chi connectivity index (χ1n) is 9.98. The molecule has 162 valence electrons. The summed E-state index contributed by atoms with van der Waals surface area (Å²) in [6.45, 7) is 2.17. The number of carbonyl (C=O) groups excluding carboxylic acids is 1. The minimum Gasteiger partial charge on any atom is -0.492 e. The molecule has 0 fully saturated rings. The van der Waals surface area contributed by atoms with Crippen LogP contribution in [0, 0.1) is 0 Å². The molecule has 0 bridgehead atoms. The van der Waals surface area contributed by atoms with Gasteiger partial charge in [-0.1, -0.05) is 53.2 Å². The van der Waals surface area contributed by atoms with Crippen LogP contribution in [-0.4, -0.2) is 29.3 Å². The molecule has 1 heterocycles. The van der Waals surface area contributed by atoms with Crippen LogP contribution in [0.5, 0.6) is 11.5 Å². The maximum Gasteiger partial charge on any atom is 0.262 e. The van der Waals surface area contributed by atoms with E-state index in [0.29, 0.717) is 45.8 Å². The molecule has 0 radical (unpaired) electrons. The topological polar surface area (TPSA) is 86.5 Å². The second-order valence-corrected chi connectivity index (χ2v) is 7.07. The minimum atomic E-state index is -0.325. The fourth-order valence-corrected chi connectivity index (χ4v) is 3.26. The lowest BCUT2D eigenvalue weighted by Gasteiger charge is -2.12. The van der Waals surface area contributed by atoms with E-state index in [1.807, 2.05) is 43.3 Å². The maximum atomic E-state index is 12.5. The van der Waals surface area contributed by atoms with Gasteiger partial charge in [0.2, 0.25) is 5.82 Å². The summed E-state index contributed by atoms with van der Waals surface area (Å²) in [5.41, 5.74) is 1.81. The summed E-state index contributed by atoms with van der Waals surface area (Å²) in [6, 6.07) is 21.6. The van der Waals surface area contributed by atoms with Crippen LogP contribution in [0.15, 0.2) is 77.3 Å². The van der Waals surface area contributed by atoms with Gasteiger partial charge in [-0.25, -0.2) is 0 Å². The van der Waals surface area contributed by atoms with Crippen molar-refractivity contribution in [1.82, 2.24) is 10.1 Å². The first kappa shape index (κ1) is 21.4. The third-order valence-electron chi connectivity index (χ3n) is 4.48. The summed E-state index contributed by atoms with van der Waals surface area (Å²) >= 11 is 6.23. The average Bonchev–Trinajstić information content (AvgIpc) is 3.29. The van der Waals surface area contributed by atoms with E-state index >= 15 is 0 Å². The van der Waals surface area contributed by atoms with Gasteiger partial charge in [0.25, 0.3) is 11.8 Å². The number of hydrogen-bond donors (Lipinski definition) is 1. The van der Waals surface area contributed by atoms with Crippen LogP contribution in [0.4, 0.5) is 5.69 Å². The van der Waals surface area contributed by atoms with Crippen LogP contribution in [-0.2, 0) is 4.79 Å². The van der Waals surface area contributed by atoms with Gasteiger partial charge < -0.3 is 19.3 Å². The molecular weight excluding hydrogens is 430 g/mol. The van der Waals surface area contributed by atoms with Crippen LogP contribution in [0.1, 0.15) is 6.92 Å². The van der Waals surface area contributed by atoms with Gasteiger partial charge in [-0.3, -0.25) is 4.79 Å². The average molecular weight is 450 g/mol. The maximum absolute atomic E-state index is 12.5. The Morgan fingerprint density at radius 3 is 2.41 bits per heavy atom. The molecule has 0 spiro atoms. The van der Waals surface area contributed by atoms with Crippen molar-refractivity contribution in [2.24, 2.45) is 0 Å². The number of halogens is 1. The minimum absolute atomic E-state index is 0.205. The number of amides is 1. The van der Waals surface area contributed by atoms with Gasteiger partial charge in [-0.2, -0.15) is 4.98 Å². The van der Waals surface area contributed by atoms with Crippen LogP contribution in [0.25, 0.3) is 22.8 Å². The zero-order valence-electron chi connectivity index (χ0n) is 17.2. The van der Waals surface area contributed by atoms with E-state index < -0.39 is 0 Å². The van der Waals surface area contributed by atoms with E-state index in [9.17, 15) is 4.79 Å². The number of para-hydroxylation sites is 3. The summed E-state index contributed by atoms with van der Waals surface area (Å²) in [4.78, 5) is 16.9. The Morgan fingerprint density at radius 1 is 0.938 bits per heavy atom. The molecule has 0 saturated heterocycles. The number of carbonyl (C=O) groups is 1. The first-order chi connectivity index (χ1) is 15.7. The van der Waals surface area contributed by atoms with E-state index in [2.05, 4.69) is 15.5 Å². The molecule has 3 aromatic carbocycles. The number of ether oxygens (including phenoxy) is 2. The molecule has 32 heavy (non-hydrogen) atoms. The number of nitrogens with one attached hydrogen (secondary N) is 1. The number of nitrogens with zero attached hydrogens (tertiary/aromatic N) is 2. The Hall–Kier alpha value is -3.84. The smallest absolute Gasteiger partial charge is 0.262 e. The SMILES string of the molecule is CCOc1ccccc1NC(=O)COc1ccccc1-c1nc(-c2ccccc2Cl)no1. The van der Waals surface area contributed by atoms with Crippen molar-refractivity contribution in [3.05, 3.63) is 77.8 Å². The highest BCUT2D eigenvalue weighted by atomic mass is 35.5. The number of hydrogen-bond acceptors (Lipinski definition) is 6. The lowest BCUT2D eigenvalue weighted by Crippen LogP contribution is -2.20. The molecule has 0 atom stereocenters. The summed E-state index contributed by atoms with van der Waals surface area (Å²) in [7, 11) is 0. The highest BCUT2D eigenvalue weighted by molar-refractivity contribution is 6.33. The molecule has 1 amide bonds. The predicted octanol–water partition coefficient (Wildman–Crippen LogP) is 5.47. The zero-order chi connectivity index (χ0) is 22.3. The van der Waals surface area contributed by atoms with Gasteiger partial charge in [0.05, 0.1) is 22.9 Å². The molecule has 1 N–H and O–H groups in total. The van der Waals surface area contributed by atoms with Crippen molar-refractivity contribution in [3.63, 3.8) is 0 Å². The van der Waals surface area contributed by atoms with Crippen molar-refractivity contribution < 1.29 is 18.8 Å². The fraction of sp³-hybridized carbons (Fsp3) is 0.125. The van der Waals surface area contributed by atoms with Gasteiger partial charge in [-0.05, 0) is 43.3 Å². The molecular formula is C24H20ClN3O4. The summed E-state index contributed by atoms with van der Waals surface area (Å²) < 4.78 is 16.7. The Balaban J connectivity index is 1.48. The number of benzene rings is 3. The highest BCUT2D eigenvalue weighted by Gasteiger charge is 2.17. The Morgan fingerprint density at radius 2 is 1.62 bits per heavy atom. The molecule has 8 heteroatoms. The van der Waals surface area contributed by atoms with Crippen molar-refractivity contribution in [1.29, 1.82) is 0 Å². The normalized spacial score (nSPS) is 10.6. The van der Waals surface area contributed by atoms with E-state index in [4.69, 9.17) is 25.6 Å². The lowest BCUT2D eigenvalue weighted by molar-refractivity contribution is -0.118. The van der Waals surface area contributed by atoms with Crippen molar-refractivity contribution in [2.75, 3.05) is 18.5 Å². The number of rotatable bonds is 8. The van der Waals surface area contributed by atoms with Gasteiger partial charge in [0.1, 0.15) is 11.5 Å². The Bertz CT molecular complexity index is 1230. The van der Waals surface area contributed by atoms with Crippen molar-refractivity contribution in [2.45, 2.75) is 6.92 Å². The summed E-state index contributed by atoms with van der Waals surface area (Å²) in [5.74, 6) is 1.34. The van der Waals surface area contributed by atoms with Gasteiger partial charge in [0, 0.05) is 5.56 Å². The van der Waals surface area contributed by atoms with E-state index in [1.165, 1.54) is 0 Å². The number of anilines is 1. The molecule has 4 aromatic rings. The lowest BCUT2D eigenvalue weighted by atomic mass is 10.2. The second kappa shape index (κ2) is 9.98. The van der Waals surface area contributed by atoms with Gasteiger partial charge in [0.15, 0.2) is 6.61 Å². The third-order valence-corrected chi connectivity index (χ3v) is 4.81. The van der Waals surface area contributed by atoms with E-state index in [-0.39, 0.29) is 18.4 Å². The standard InChI is InChI=1S/C24H20ClN3O4/c1-2-30-21-14-8-6-12-19(21)26-22(29)15-31-20-13-7-4-10-17(20)24-27-23(28-32-24)16-9-3-5-11-18(16)25/h3-14H,2,15H2,1H3,(H,26,29). The number of aromatic nitrogens is 2. The molecule has 4 rings (SSSR count). The molecule has 7 nitrogen and oxygen atoms in total. The molecule has 0 aliphatic rings. The molecule has 0 saturated carbocycles. The van der Waals surface area contributed by atoms with Crippen LogP contribution in [0.3, 0.4) is 0 Å². The zero-order valence-corrected chi connectivity index (χ0v) is 18.0. The van der Waals surface area contributed by atoms with Gasteiger partial charge in [-0.15, -0.1) is 0 Å². The monoisotopic (exact) mass is 449 g/mol. The Labute approximate surface area is 189 Å². The molecule has 0 aliphatic heterocycles. The second-order valence-electron chi connectivity index (χ2n) is 6.67. The van der Waals surface area contributed by atoms with E-state index in [1.54, 1.807) is 36.4 Å². The molecule has 0 unspecified atom stereocenters. The third kappa shape index (κ3) is 4.90. The fourth-order valence-electron chi connectivity index (χ4n) is 3.03. The van der Waals surface area contributed by atoms with Crippen LogP contribution >= 0.6 is 11.6 Å². The predicted molar refractivity (Wildman–Crippen MR) is 122 cm³/mol. The largest absolute Gasteiger partial charge is 0.492 e. The van der Waals surface area contributed by atoms with Gasteiger partial charge >= 0.3 is 0 Å². The van der Waals surface area contributed by atoms with Crippen molar-refractivity contribution in [3.8, 4) is 34.3 Å². The summed E-state index contributed by atoms with van der Waals surface area (Å²) in [5, 5.41) is 7.35. The molecule has 0 aliphatic carbocycles. The first-order valence-corrected chi connectivity index (χ1v) is 10.4. The van der Waals surface area contributed by atoms with Crippen LogP contribution in [0.2, 0.25) is 5.02 Å².